The van der Waals surface area contributed by atoms with Gasteiger partial charge in [-0.25, -0.2) is 4.79 Å². The summed E-state index contributed by atoms with van der Waals surface area (Å²) in [5, 5.41) is 2.64. The zero-order chi connectivity index (χ0) is 24.8. The molecular weight excluding hydrogens is 416 g/mol. The molecule has 0 heterocycles. The van der Waals surface area contributed by atoms with Crippen LogP contribution in [0, 0.1) is 0 Å². The number of ether oxygens (including phenoxy) is 2. The molecule has 0 aromatic carbocycles. The molecule has 0 aromatic heterocycles. The van der Waals surface area contributed by atoms with Crippen LogP contribution in [0.5, 0.6) is 0 Å². The molecule has 0 saturated carbocycles. The molecule has 6 nitrogen and oxygen atoms in total. The fraction of sp³-hybridized carbons (Fsp3) is 0.926. The molecule has 196 valence electrons. The Kier molecular flexibility index (Phi) is 20.4. The average molecular weight is 471 g/mol. The van der Waals surface area contributed by atoms with Gasteiger partial charge in [-0.1, -0.05) is 103 Å². The first-order valence-electron chi connectivity index (χ1n) is 13.6. The van der Waals surface area contributed by atoms with Crippen molar-refractivity contribution in [3.63, 3.8) is 0 Å². The second-order valence-corrected chi connectivity index (χ2v) is 10.3. The highest BCUT2D eigenvalue weighted by Crippen LogP contribution is 2.14. The van der Waals surface area contributed by atoms with Crippen molar-refractivity contribution in [2.24, 2.45) is 5.73 Å². The van der Waals surface area contributed by atoms with Crippen molar-refractivity contribution in [2.75, 3.05) is 13.2 Å². The molecule has 0 aromatic rings. The molecule has 0 saturated heterocycles. The molecule has 1 amide bonds. The van der Waals surface area contributed by atoms with Gasteiger partial charge in [0.1, 0.15) is 12.2 Å². The number of esters is 1. The number of carbonyl (C=O) groups excluding carboxylic acids is 2. The maximum absolute atomic E-state index is 11.9. The highest BCUT2D eigenvalue weighted by atomic mass is 16.6. The van der Waals surface area contributed by atoms with Crippen molar-refractivity contribution in [1.29, 1.82) is 0 Å². The lowest BCUT2D eigenvalue weighted by Crippen LogP contribution is -2.45. The van der Waals surface area contributed by atoms with Gasteiger partial charge in [-0.3, -0.25) is 4.79 Å². The van der Waals surface area contributed by atoms with Gasteiger partial charge >= 0.3 is 12.1 Å². The first-order chi connectivity index (χ1) is 15.8. The van der Waals surface area contributed by atoms with Gasteiger partial charge in [-0.05, 0) is 27.2 Å². The Labute approximate surface area is 204 Å². The Morgan fingerprint density at radius 2 is 1.18 bits per heavy atom. The predicted molar refractivity (Wildman–Crippen MR) is 137 cm³/mol. The summed E-state index contributed by atoms with van der Waals surface area (Å²) < 4.78 is 10.5. The number of rotatable bonds is 21. The largest absolute Gasteiger partial charge is 0.463 e. The molecule has 0 aliphatic rings. The molecule has 0 rings (SSSR count). The van der Waals surface area contributed by atoms with Crippen molar-refractivity contribution >= 4 is 12.1 Å². The van der Waals surface area contributed by atoms with Gasteiger partial charge in [0, 0.05) is 13.0 Å². The third kappa shape index (κ3) is 23.6. The van der Waals surface area contributed by atoms with Gasteiger partial charge in [0.2, 0.25) is 0 Å². The van der Waals surface area contributed by atoms with Crippen LogP contribution in [0.3, 0.4) is 0 Å². The van der Waals surface area contributed by atoms with Crippen LogP contribution < -0.4 is 11.1 Å². The van der Waals surface area contributed by atoms with Crippen LogP contribution in [-0.2, 0) is 14.3 Å². The Morgan fingerprint density at radius 3 is 1.58 bits per heavy atom. The lowest BCUT2D eigenvalue weighted by molar-refractivity contribution is -0.144. The minimum Gasteiger partial charge on any atom is -0.463 e. The minimum atomic E-state index is -0.576. The number of carbonyl (C=O) groups is 2. The average Bonchev–Trinajstić information content (AvgIpc) is 2.75. The summed E-state index contributed by atoms with van der Waals surface area (Å²) in [6.45, 7) is 7.91. The summed E-state index contributed by atoms with van der Waals surface area (Å²) >= 11 is 0. The van der Waals surface area contributed by atoms with Gasteiger partial charge in [0.25, 0.3) is 0 Å². The van der Waals surface area contributed by atoms with Gasteiger partial charge in [-0.15, -0.1) is 0 Å². The maximum atomic E-state index is 11.9. The van der Waals surface area contributed by atoms with E-state index < -0.39 is 17.7 Å². The van der Waals surface area contributed by atoms with E-state index in [1.54, 1.807) is 20.8 Å². The van der Waals surface area contributed by atoms with E-state index >= 15 is 0 Å². The monoisotopic (exact) mass is 470 g/mol. The van der Waals surface area contributed by atoms with Gasteiger partial charge < -0.3 is 20.5 Å². The molecule has 0 aliphatic heterocycles. The summed E-state index contributed by atoms with van der Waals surface area (Å²) in [4.78, 5) is 23.7. The summed E-state index contributed by atoms with van der Waals surface area (Å²) in [6.07, 6.45) is 20.8. The summed E-state index contributed by atoms with van der Waals surface area (Å²) in [7, 11) is 0. The van der Waals surface area contributed by atoms with E-state index in [4.69, 9.17) is 15.2 Å². The smallest absolute Gasteiger partial charge is 0.408 e. The van der Waals surface area contributed by atoms with Crippen molar-refractivity contribution in [3.05, 3.63) is 0 Å². The molecule has 0 radical (unpaired) electrons. The van der Waals surface area contributed by atoms with E-state index in [0.29, 0.717) is 6.42 Å². The number of unbranched alkanes of at least 4 members (excludes halogenated alkanes) is 15. The summed E-state index contributed by atoms with van der Waals surface area (Å²) in [5.41, 5.74) is 5.07. The Bertz CT molecular complexity index is 477. The van der Waals surface area contributed by atoms with Crippen molar-refractivity contribution < 1.29 is 19.1 Å². The van der Waals surface area contributed by atoms with E-state index in [9.17, 15) is 9.59 Å². The number of amides is 1. The second kappa shape index (κ2) is 21.2. The number of nitrogens with one attached hydrogen (secondary N) is 1. The van der Waals surface area contributed by atoms with Crippen molar-refractivity contribution in [1.82, 2.24) is 5.32 Å². The number of nitrogens with two attached hydrogens (primary N) is 1. The minimum absolute atomic E-state index is 0.0768. The molecule has 0 aliphatic carbocycles. The summed E-state index contributed by atoms with van der Waals surface area (Å²) in [6, 6.07) is -0.436. The molecule has 6 heteroatoms. The molecule has 33 heavy (non-hydrogen) atoms. The molecule has 0 bridgehead atoms. The van der Waals surface area contributed by atoms with Crippen LogP contribution in [0.4, 0.5) is 4.79 Å². The van der Waals surface area contributed by atoms with E-state index in [1.165, 1.54) is 89.9 Å². The van der Waals surface area contributed by atoms with Crippen LogP contribution in [0.15, 0.2) is 0 Å². The third-order valence-electron chi connectivity index (χ3n) is 5.69. The van der Waals surface area contributed by atoms with Gasteiger partial charge in [0.15, 0.2) is 0 Å². The molecule has 1 atom stereocenters. The molecule has 1 unspecified atom stereocenters. The van der Waals surface area contributed by atoms with Crippen LogP contribution in [0.2, 0.25) is 0 Å². The Hall–Kier alpha value is -1.30. The number of hydrogen-bond donors (Lipinski definition) is 2. The highest BCUT2D eigenvalue weighted by molar-refractivity contribution is 5.70. The number of alkyl carbamates (subject to hydrolysis) is 1. The first-order valence-corrected chi connectivity index (χ1v) is 13.6. The predicted octanol–water partition coefficient (Wildman–Crippen LogP) is 7.03. The van der Waals surface area contributed by atoms with E-state index in [-0.39, 0.29) is 19.1 Å². The standard InChI is InChI=1S/C27H54N2O4/c1-5-6-7-8-9-10-11-12-13-14-15-16-17-18-19-20-21-25(30)32-23-24(22-28)29-26(31)33-27(2,3)4/h24H,5-23,28H2,1-4H3,(H,29,31). The lowest BCUT2D eigenvalue weighted by Gasteiger charge is -2.22. The number of hydrogen-bond acceptors (Lipinski definition) is 5. The van der Waals surface area contributed by atoms with Crippen LogP contribution >= 0.6 is 0 Å². The topological polar surface area (TPSA) is 90.6 Å². The molecule has 0 fully saturated rings. The van der Waals surface area contributed by atoms with Crippen LogP contribution in [-0.4, -0.2) is 36.9 Å². The Balaban J connectivity index is 3.49. The first kappa shape index (κ1) is 31.7. The SMILES string of the molecule is CCCCCCCCCCCCCCCCCCC(=O)OCC(CN)NC(=O)OC(C)(C)C. The normalized spacial score (nSPS) is 12.4. The van der Waals surface area contributed by atoms with E-state index in [0.717, 1.165) is 12.8 Å². The third-order valence-corrected chi connectivity index (χ3v) is 5.69. The van der Waals surface area contributed by atoms with Gasteiger partial charge in [0.05, 0.1) is 6.04 Å². The fourth-order valence-electron chi connectivity index (χ4n) is 3.73. The van der Waals surface area contributed by atoms with Crippen molar-refractivity contribution in [2.45, 2.75) is 148 Å². The molecule has 0 spiro atoms. The highest BCUT2D eigenvalue weighted by Gasteiger charge is 2.19. The maximum Gasteiger partial charge on any atom is 0.408 e. The van der Waals surface area contributed by atoms with E-state index in [2.05, 4.69) is 12.2 Å². The van der Waals surface area contributed by atoms with Crippen molar-refractivity contribution in [3.8, 4) is 0 Å². The lowest BCUT2D eigenvalue weighted by atomic mass is 10.0. The zero-order valence-corrected chi connectivity index (χ0v) is 22.2. The Morgan fingerprint density at radius 1 is 0.758 bits per heavy atom. The quantitative estimate of drug-likeness (QED) is 0.139. The van der Waals surface area contributed by atoms with Crippen LogP contribution in [0.1, 0.15) is 137 Å². The molecule has 3 N–H and O–H groups in total. The fourth-order valence-corrected chi connectivity index (χ4v) is 3.73. The van der Waals surface area contributed by atoms with Gasteiger partial charge in [-0.2, -0.15) is 0 Å². The molecular formula is C27H54N2O4. The van der Waals surface area contributed by atoms with E-state index in [1.807, 2.05) is 0 Å². The summed E-state index contributed by atoms with van der Waals surface area (Å²) in [5.74, 6) is -0.232. The van der Waals surface area contributed by atoms with Crippen LogP contribution in [0.25, 0.3) is 0 Å². The second-order valence-electron chi connectivity index (χ2n) is 10.3. The zero-order valence-electron chi connectivity index (χ0n) is 22.2.